The van der Waals surface area contributed by atoms with Crippen LogP contribution in [0.15, 0.2) is 31.4 Å². The number of likely N-dealkylation sites (tertiary alicyclic amines) is 1. The standard InChI is InChI=1S/C16H21N3O2/c1-2-5-21-15-7-14-6-13(15)10-19(14)16(20)4-3-12-8-17-11-18-9-12/h2,8-9,11,13-15H,1,3-7,10H2. The molecule has 1 aliphatic carbocycles. The summed E-state index contributed by atoms with van der Waals surface area (Å²) in [6.07, 6.45) is 10.5. The first-order chi connectivity index (χ1) is 10.3. The Balaban J connectivity index is 1.49. The first-order valence-corrected chi connectivity index (χ1v) is 7.53. The highest BCUT2D eigenvalue weighted by Crippen LogP contribution is 2.39. The molecule has 1 saturated heterocycles. The molecule has 1 aliphatic heterocycles. The molecule has 112 valence electrons. The molecule has 0 radical (unpaired) electrons. The number of ether oxygens (including phenoxy) is 1. The van der Waals surface area contributed by atoms with Crippen LogP contribution in [0.2, 0.25) is 0 Å². The van der Waals surface area contributed by atoms with Crippen LogP contribution in [-0.4, -0.2) is 46.1 Å². The lowest BCUT2D eigenvalue weighted by molar-refractivity contribution is -0.134. The molecular weight excluding hydrogens is 266 g/mol. The fourth-order valence-corrected chi connectivity index (χ4v) is 3.46. The molecule has 2 bridgehead atoms. The Morgan fingerprint density at radius 3 is 2.90 bits per heavy atom. The van der Waals surface area contributed by atoms with Gasteiger partial charge in [-0.05, 0) is 24.8 Å². The minimum atomic E-state index is 0.244. The number of fused-ring (bicyclic) bond motifs is 2. The Morgan fingerprint density at radius 1 is 1.43 bits per heavy atom. The molecule has 3 unspecified atom stereocenters. The fourth-order valence-electron chi connectivity index (χ4n) is 3.46. The molecule has 1 aromatic heterocycles. The van der Waals surface area contributed by atoms with E-state index < -0.39 is 0 Å². The molecule has 1 saturated carbocycles. The number of nitrogens with zero attached hydrogens (tertiary/aromatic N) is 3. The van der Waals surface area contributed by atoms with E-state index in [9.17, 15) is 4.79 Å². The topological polar surface area (TPSA) is 55.3 Å². The van der Waals surface area contributed by atoms with E-state index in [2.05, 4.69) is 16.5 Å². The van der Waals surface area contributed by atoms with Gasteiger partial charge in [0.25, 0.3) is 0 Å². The van der Waals surface area contributed by atoms with Gasteiger partial charge in [-0.1, -0.05) is 6.08 Å². The van der Waals surface area contributed by atoms with Gasteiger partial charge in [-0.25, -0.2) is 9.97 Å². The lowest BCUT2D eigenvalue weighted by atomic mass is 10.1. The summed E-state index contributed by atoms with van der Waals surface area (Å²) in [6.45, 7) is 5.13. The van der Waals surface area contributed by atoms with Crippen molar-refractivity contribution in [1.29, 1.82) is 0 Å². The third kappa shape index (κ3) is 3.13. The first kappa shape index (κ1) is 14.2. The predicted molar refractivity (Wildman–Crippen MR) is 78.5 cm³/mol. The molecule has 1 aromatic rings. The Labute approximate surface area is 125 Å². The quantitative estimate of drug-likeness (QED) is 0.746. The van der Waals surface area contributed by atoms with Crippen molar-refractivity contribution >= 4 is 5.91 Å². The molecule has 0 aromatic carbocycles. The van der Waals surface area contributed by atoms with E-state index >= 15 is 0 Å². The number of aryl methyl sites for hydroxylation is 1. The summed E-state index contributed by atoms with van der Waals surface area (Å²) < 4.78 is 5.77. The second-order valence-electron chi connectivity index (χ2n) is 5.84. The van der Waals surface area contributed by atoms with Crippen molar-refractivity contribution in [1.82, 2.24) is 14.9 Å². The van der Waals surface area contributed by atoms with Crippen LogP contribution in [0.25, 0.3) is 0 Å². The average Bonchev–Trinajstić information content (AvgIpc) is 3.11. The number of piperidine rings is 1. The number of carbonyl (C=O) groups excluding carboxylic acids is 1. The highest BCUT2D eigenvalue weighted by molar-refractivity contribution is 5.77. The Hall–Kier alpha value is -1.75. The number of hydrogen-bond acceptors (Lipinski definition) is 4. The molecule has 2 aliphatic rings. The van der Waals surface area contributed by atoms with Crippen molar-refractivity contribution in [3.8, 4) is 0 Å². The van der Waals surface area contributed by atoms with Gasteiger partial charge in [0.15, 0.2) is 0 Å². The van der Waals surface area contributed by atoms with Gasteiger partial charge in [-0.2, -0.15) is 0 Å². The van der Waals surface area contributed by atoms with Crippen LogP contribution >= 0.6 is 0 Å². The Kier molecular flexibility index (Phi) is 4.29. The van der Waals surface area contributed by atoms with E-state index in [0.29, 0.717) is 37.5 Å². The minimum absolute atomic E-state index is 0.244. The largest absolute Gasteiger partial charge is 0.374 e. The minimum Gasteiger partial charge on any atom is -0.374 e. The number of rotatable bonds is 6. The molecule has 5 nitrogen and oxygen atoms in total. The zero-order chi connectivity index (χ0) is 14.7. The second-order valence-corrected chi connectivity index (χ2v) is 5.84. The molecule has 0 spiro atoms. The van der Waals surface area contributed by atoms with E-state index in [4.69, 9.17) is 4.74 Å². The third-order valence-corrected chi connectivity index (χ3v) is 4.47. The zero-order valence-electron chi connectivity index (χ0n) is 12.1. The summed E-state index contributed by atoms with van der Waals surface area (Å²) in [5, 5.41) is 0. The summed E-state index contributed by atoms with van der Waals surface area (Å²) in [4.78, 5) is 22.4. The van der Waals surface area contributed by atoms with Crippen LogP contribution in [0.4, 0.5) is 0 Å². The summed E-state index contributed by atoms with van der Waals surface area (Å²) in [6, 6.07) is 0.365. The molecular formula is C16H21N3O2. The molecule has 0 N–H and O–H groups in total. The van der Waals surface area contributed by atoms with E-state index in [1.165, 1.54) is 6.33 Å². The van der Waals surface area contributed by atoms with Crippen LogP contribution in [0.5, 0.6) is 0 Å². The van der Waals surface area contributed by atoms with Crippen LogP contribution < -0.4 is 0 Å². The monoisotopic (exact) mass is 287 g/mol. The van der Waals surface area contributed by atoms with Crippen LogP contribution in [-0.2, 0) is 16.0 Å². The smallest absolute Gasteiger partial charge is 0.223 e. The molecule has 3 rings (SSSR count). The van der Waals surface area contributed by atoms with Gasteiger partial charge in [-0.3, -0.25) is 4.79 Å². The summed E-state index contributed by atoms with van der Waals surface area (Å²) in [5.74, 6) is 0.743. The molecule has 2 heterocycles. The van der Waals surface area contributed by atoms with Gasteiger partial charge in [0, 0.05) is 37.3 Å². The third-order valence-electron chi connectivity index (χ3n) is 4.47. The van der Waals surface area contributed by atoms with Gasteiger partial charge in [0.2, 0.25) is 5.91 Å². The van der Waals surface area contributed by atoms with E-state index in [0.717, 1.165) is 24.9 Å². The molecule has 2 fully saturated rings. The van der Waals surface area contributed by atoms with Gasteiger partial charge < -0.3 is 9.64 Å². The summed E-state index contributed by atoms with van der Waals surface area (Å²) >= 11 is 0. The van der Waals surface area contributed by atoms with Crippen molar-refractivity contribution in [3.63, 3.8) is 0 Å². The normalized spacial score (nSPS) is 27.0. The molecule has 3 atom stereocenters. The SMILES string of the molecule is C=CCOC1CC2CC1CN2C(=O)CCc1cncnc1. The Bertz CT molecular complexity index is 506. The molecule has 5 heteroatoms. The van der Waals surface area contributed by atoms with E-state index in [-0.39, 0.29) is 5.91 Å². The fraction of sp³-hybridized carbons (Fsp3) is 0.562. The van der Waals surface area contributed by atoms with Gasteiger partial charge in [-0.15, -0.1) is 6.58 Å². The van der Waals surface area contributed by atoms with Crippen molar-refractivity contribution in [2.75, 3.05) is 13.2 Å². The number of carbonyl (C=O) groups is 1. The first-order valence-electron chi connectivity index (χ1n) is 7.53. The maximum absolute atomic E-state index is 12.4. The maximum atomic E-state index is 12.4. The lowest BCUT2D eigenvalue weighted by Crippen LogP contribution is -2.42. The predicted octanol–water partition coefficient (Wildman–Crippen LogP) is 1.60. The van der Waals surface area contributed by atoms with Crippen molar-refractivity contribution < 1.29 is 9.53 Å². The van der Waals surface area contributed by atoms with Crippen molar-refractivity contribution in [2.24, 2.45) is 5.92 Å². The van der Waals surface area contributed by atoms with Crippen molar-refractivity contribution in [2.45, 2.75) is 37.8 Å². The van der Waals surface area contributed by atoms with Crippen LogP contribution in [0.1, 0.15) is 24.8 Å². The van der Waals surface area contributed by atoms with Crippen molar-refractivity contribution in [3.05, 3.63) is 36.9 Å². The van der Waals surface area contributed by atoms with E-state index in [1.807, 2.05) is 4.90 Å². The summed E-state index contributed by atoms with van der Waals surface area (Å²) in [5.41, 5.74) is 1.02. The highest BCUT2D eigenvalue weighted by Gasteiger charge is 2.46. The average molecular weight is 287 g/mol. The Morgan fingerprint density at radius 2 is 2.24 bits per heavy atom. The number of hydrogen-bond donors (Lipinski definition) is 0. The number of amides is 1. The lowest BCUT2D eigenvalue weighted by Gasteiger charge is -2.31. The highest BCUT2D eigenvalue weighted by atomic mass is 16.5. The zero-order valence-corrected chi connectivity index (χ0v) is 12.1. The van der Waals surface area contributed by atoms with Gasteiger partial charge >= 0.3 is 0 Å². The summed E-state index contributed by atoms with van der Waals surface area (Å²) in [7, 11) is 0. The van der Waals surface area contributed by atoms with E-state index in [1.54, 1.807) is 18.5 Å². The van der Waals surface area contributed by atoms with Crippen LogP contribution in [0.3, 0.4) is 0 Å². The maximum Gasteiger partial charge on any atom is 0.223 e. The van der Waals surface area contributed by atoms with Gasteiger partial charge in [0.1, 0.15) is 6.33 Å². The van der Waals surface area contributed by atoms with Crippen LogP contribution in [0, 0.1) is 5.92 Å². The molecule has 21 heavy (non-hydrogen) atoms. The van der Waals surface area contributed by atoms with Gasteiger partial charge in [0.05, 0.1) is 12.7 Å². The molecule has 1 amide bonds. The second kappa shape index (κ2) is 6.35. The number of aromatic nitrogens is 2.